The minimum Gasteiger partial charge on any atom is -0.372 e. The molecule has 1 saturated heterocycles. The van der Waals surface area contributed by atoms with E-state index in [0.717, 1.165) is 42.7 Å². The highest BCUT2D eigenvalue weighted by atomic mass is 32.2. The van der Waals surface area contributed by atoms with Crippen molar-refractivity contribution in [2.24, 2.45) is 0 Å². The Morgan fingerprint density at radius 2 is 1.81 bits per heavy atom. The molecule has 2 aliphatic rings. The van der Waals surface area contributed by atoms with Gasteiger partial charge in [0.2, 0.25) is 11.8 Å². The molecule has 1 atom stereocenters. The predicted octanol–water partition coefficient (Wildman–Crippen LogP) is 5.14. The summed E-state index contributed by atoms with van der Waals surface area (Å²) in [5.41, 5.74) is 1.06. The quantitative estimate of drug-likeness (QED) is 0.679. The summed E-state index contributed by atoms with van der Waals surface area (Å²) in [7, 11) is 0. The lowest BCUT2D eigenvalue weighted by molar-refractivity contribution is -0.137. The van der Waals surface area contributed by atoms with Gasteiger partial charge in [0, 0.05) is 35.8 Å². The second-order valence-corrected chi connectivity index (χ2v) is 8.90. The Morgan fingerprint density at radius 1 is 1.10 bits per heavy atom. The Morgan fingerprint density at radius 3 is 2.48 bits per heavy atom. The molecule has 0 spiro atoms. The number of rotatable bonds is 4. The molecule has 5 nitrogen and oxygen atoms in total. The van der Waals surface area contributed by atoms with E-state index in [1.165, 1.54) is 25.3 Å². The van der Waals surface area contributed by atoms with Gasteiger partial charge in [-0.1, -0.05) is 0 Å². The van der Waals surface area contributed by atoms with E-state index in [4.69, 9.17) is 0 Å². The van der Waals surface area contributed by atoms with Gasteiger partial charge < -0.3 is 15.5 Å². The maximum Gasteiger partial charge on any atom is 0.416 e. The normalized spacial score (nSPS) is 18.9. The Bertz CT molecular complexity index is 973. The van der Waals surface area contributed by atoms with Gasteiger partial charge in [-0.05, 0) is 61.7 Å². The molecule has 2 heterocycles. The molecule has 4 rings (SSSR count). The summed E-state index contributed by atoms with van der Waals surface area (Å²) in [5, 5.41) is 4.57. The van der Waals surface area contributed by atoms with E-state index in [9.17, 15) is 22.8 Å². The van der Waals surface area contributed by atoms with Crippen LogP contribution in [0.1, 0.15) is 31.2 Å². The van der Waals surface area contributed by atoms with Gasteiger partial charge in [0.25, 0.3) is 0 Å². The van der Waals surface area contributed by atoms with E-state index < -0.39 is 22.9 Å². The van der Waals surface area contributed by atoms with Crippen LogP contribution in [0.5, 0.6) is 0 Å². The first-order valence-corrected chi connectivity index (χ1v) is 11.0. The molecule has 31 heavy (non-hydrogen) atoms. The fourth-order valence-corrected chi connectivity index (χ4v) is 4.84. The van der Waals surface area contributed by atoms with E-state index in [1.54, 1.807) is 0 Å². The standard InChI is InChI=1S/C22H22F3N3O2S/c23-22(24,25)14-4-9-18-17(12-14)27-21(30)19(31-18)13-20(29)26-15-5-7-16(8-6-15)28-10-2-1-3-11-28/h4-9,12,19H,1-3,10-11,13H2,(H,26,29)(H,27,30). The summed E-state index contributed by atoms with van der Waals surface area (Å²) in [6.45, 7) is 2.07. The van der Waals surface area contributed by atoms with Gasteiger partial charge in [0.15, 0.2) is 0 Å². The molecule has 0 radical (unpaired) electrons. The molecule has 2 aromatic rings. The van der Waals surface area contributed by atoms with Crippen molar-refractivity contribution in [3.63, 3.8) is 0 Å². The SMILES string of the molecule is O=C(CC1Sc2ccc(C(F)(F)F)cc2NC1=O)Nc1ccc(N2CCCCC2)cc1. The van der Waals surface area contributed by atoms with Crippen LogP contribution in [-0.2, 0) is 15.8 Å². The third-order valence-electron chi connectivity index (χ3n) is 5.37. The molecule has 2 aliphatic heterocycles. The lowest BCUT2D eigenvalue weighted by atomic mass is 10.1. The molecule has 164 valence electrons. The minimum atomic E-state index is -4.48. The van der Waals surface area contributed by atoms with E-state index in [-0.39, 0.29) is 18.0 Å². The van der Waals surface area contributed by atoms with E-state index in [2.05, 4.69) is 15.5 Å². The predicted molar refractivity (Wildman–Crippen MR) is 115 cm³/mol. The smallest absolute Gasteiger partial charge is 0.372 e. The summed E-state index contributed by atoms with van der Waals surface area (Å²) in [6.07, 6.45) is -0.943. The van der Waals surface area contributed by atoms with Gasteiger partial charge in [-0.2, -0.15) is 13.2 Å². The van der Waals surface area contributed by atoms with E-state index >= 15 is 0 Å². The van der Waals surface area contributed by atoms with E-state index in [1.807, 2.05) is 24.3 Å². The number of amides is 2. The first-order chi connectivity index (χ1) is 14.8. The number of carbonyl (C=O) groups excluding carboxylic acids is 2. The first kappa shape index (κ1) is 21.5. The van der Waals surface area contributed by atoms with Gasteiger partial charge >= 0.3 is 6.18 Å². The molecule has 0 saturated carbocycles. The van der Waals surface area contributed by atoms with Crippen LogP contribution >= 0.6 is 11.8 Å². The number of halogens is 3. The molecule has 2 N–H and O–H groups in total. The number of hydrogen-bond acceptors (Lipinski definition) is 4. The van der Waals surface area contributed by atoms with Crippen molar-refractivity contribution in [1.82, 2.24) is 0 Å². The molecular weight excluding hydrogens is 427 g/mol. The van der Waals surface area contributed by atoms with Crippen molar-refractivity contribution < 1.29 is 22.8 Å². The van der Waals surface area contributed by atoms with Gasteiger partial charge in [0.05, 0.1) is 16.5 Å². The zero-order valence-electron chi connectivity index (χ0n) is 16.7. The van der Waals surface area contributed by atoms with Crippen molar-refractivity contribution in [1.29, 1.82) is 0 Å². The highest BCUT2D eigenvalue weighted by Crippen LogP contribution is 2.40. The largest absolute Gasteiger partial charge is 0.416 e. The summed E-state index contributed by atoms with van der Waals surface area (Å²) < 4.78 is 38.6. The second kappa shape index (κ2) is 8.82. The average Bonchev–Trinajstić information content (AvgIpc) is 2.74. The number of carbonyl (C=O) groups is 2. The maximum atomic E-state index is 12.9. The van der Waals surface area contributed by atoms with Gasteiger partial charge in [0.1, 0.15) is 0 Å². The van der Waals surface area contributed by atoms with Crippen LogP contribution in [0.2, 0.25) is 0 Å². The Kier molecular flexibility index (Phi) is 6.13. The molecule has 9 heteroatoms. The lowest BCUT2D eigenvalue weighted by Gasteiger charge is -2.28. The summed E-state index contributed by atoms with van der Waals surface area (Å²) in [6, 6.07) is 10.8. The number of anilines is 3. The molecule has 0 aliphatic carbocycles. The van der Waals surface area contributed by atoms with Crippen LogP contribution < -0.4 is 15.5 Å². The molecular formula is C22H22F3N3O2S. The molecule has 2 amide bonds. The van der Waals surface area contributed by atoms with Crippen LogP contribution in [0.4, 0.5) is 30.2 Å². The van der Waals surface area contributed by atoms with Crippen LogP contribution in [0, 0.1) is 0 Å². The Hall–Kier alpha value is -2.68. The number of alkyl halides is 3. The van der Waals surface area contributed by atoms with Gasteiger partial charge in [-0.15, -0.1) is 11.8 Å². The Balaban J connectivity index is 1.36. The third kappa shape index (κ3) is 5.15. The number of nitrogens with one attached hydrogen (secondary N) is 2. The number of benzene rings is 2. The lowest BCUT2D eigenvalue weighted by Crippen LogP contribution is -2.32. The number of piperidine rings is 1. The highest BCUT2D eigenvalue weighted by Gasteiger charge is 2.34. The Labute approximate surface area is 182 Å². The monoisotopic (exact) mass is 449 g/mol. The second-order valence-electron chi connectivity index (χ2n) is 7.65. The first-order valence-electron chi connectivity index (χ1n) is 10.1. The maximum absolute atomic E-state index is 12.9. The highest BCUT2D eigenvalue weighted by molar-refractivity contribution is 8.01. The molecule has 1 fully saturated rings. The fraction of sp³-hybridized carbons (Fsp3) is 0.364. The zero-order chi connectivity index (χ0) is 22.0. The minimum absolute atomic E-state index is 0.0785. The van der Waals surface area contributed by atoms with Crippen LogP contribution in [0.15, 0.2) is 47.4 Å². The number of fused-ring (bicyclic) bond motifs is 1. The van der Waals surface area contributed by atoms with Crippen molar-refractivity contribution in [3.05, 3.63) is 48.0 Å². The average molecular weight is 449 g/mol. The number of hydrogen-bond donors (Lipinski definition) is 2. The number of thioether (sulfide) groups is 1. The summed E-state index contributed by atoms with van der Waals surface area (Å²) >= 11 is 1.10. The van der Waals surface area contributed by atoms with Crippen LogP contribution in [0.3, 0.4) is 0 Å². The summed E-state index contributed by atoms with van der Waals surface area (Å²) in [5.74, 6) is -0.804. The number of nitrogens with zero attached hydrogens (tertiary/aromatic N) is 1. The molecule has 0 aromatic heterocycles. The zero-order valence-corrected chi connectivity index (χ0v) is 17.5. The fourth-order valence-electron chi connectivity index (χ4n) is 3.75. The van der Waals surface area contributed by atoms with Crippen molar-refractivity contribution >= 4 is 40.6 Å². The van der Waals surface area contributed by atoms with Crippen LogP contribution in [-0.4, -0.2) is 30.2 Å². The van der Waals surface area contributed by atoms with Crippen molar-refractivity contribution in [3.8, 4) is 0 Å². The van der Waals surface area contributed by atoms with Crippen LogP contribution in [0.25, 0.3) is 0 Å². The molecule has 0 bridgehead atoms. The third-order valence-corrected chi connectivity index (χ3v) is 6.64. The van der Waals surface area contributed by atoms with Gasteiger partial charge in [-0.3, -0.25) is 9.59 Å². The summed E-state index contributed by atoms with van der Waals surface area (Å²) in [4.78, 5) is 27.6. The van der Waals surface area contributed by atoms with Crippen molar-refractivity contribution in [2.75, 3.05) is 28.6 Å². The topological polar surface area (TPSA) is 61.4 Å². The molecule has 1 unspecified atom stereocenters. The molecule has 2 aromatic carbocycles. The van der Waals surface area contributed by atoms with Gasteiger partial charge in [-0.25, -0.2) is 0 Å². The van der Waals surface area contributed by atoms with Crippen molar-refractivity contribution in [2.45, 2.75) is 42.0 Å². The van der Waals surface area contributed by atoms with E-state index in [0.29, 0.717) is 10.6 Å².